The Morgan fingerprint density at radius 2 is 2.00 bits per heavy atom. The van der Waals surface area contributed by atoms with Gasteiger partial charge in [-0.15, -0.1) is 0 Å². The molecule has 0 aliphatic heterocycles. The number of amides is 1. The topological polar surface area (TPSA) is 56.0 Å². The zero-order valence-electron chi connectivity index (χ0n) is 10.0. The predicted octanol–water partition coefficient (Wildman–Crippen LogP) is 3.36. The number of carbonyl (C=O) groups excluding carboxylic acids is 1. The van der Waals surface area contributed by atoms with Crippen LogP contribution >= 0.6 is 27.5 Å². The van der Waals surface area contributed by atoms with E-state index in [0.717, 1.165) is 5.56 Å². The van der Waals surface area contributed by atoms with Crippen molar-refractivity contribution in [2.24, 2.45) is 5.73 Å². The van der Waals surface area contributed by atoms with Crippen LogP contribution in [0.25, 0.3) is 0 Å². The molecular weight excluding hydrogens is 328 g/mol. The highest BCUT2D eigenvalue weighted by Crippen LogP contribution is 2.31. The Kier molecular flexibility index (Phi) is 4.56. The molecule has 98 valence electrons. The first-order valence-electron chi connectivity index (χ1n) is 5.70. The summed E-state index contributed by atoms with van der Waals surface area (Å²) >= 11 is 9.71. The van der Waals surface area contributed by atoms with Crippen LogP contribution in [0.5, 0.6) is 0 Å². The number of aromatic nitrogens is 1. The molecule has 1 heterocycles. The Labute approximate surface area is 124 Å². The average Bonchev–Trinajstić information content (AvgIpc) is 2.42. The van der Waals surface area contributed by atoms with Crippen molar-refractivity contribution >= 4 is 33.4 Å². The maximum absolute atomic E-state index is 11.3. The smallest absolute Gasteiger partial charge is 0.250 e. The fraction of sp³-hybridized carbons (Fsp3) is 0.143. The van der Waals surface area contributed by atoms with Crippen molar-refractivity contribution in [3.63, 3.8) is 0 Å². The number of benzene rings is 1. The lowest BCUT2D eigenvalue weighted by Gasteiger charge is -2.16. The zero-order valence-corrected chi connectivity index (χ0v) is 12.4. The third kappa shape index (κ3) is 2.96. The summed E-state index contributed by atoms with van der Waals surface area (Å²) in [6.07, 6.45) is 1.56. The number of primary amides is 1. The van der Waals surface area contributed by atoms with E-state index in [1.807, 2.05) is 30.3 Å². The molecular formula is C14H12BrClN2O. The van der Waals surface area contributed by atoms with E-state index in [2.05, 4.69) is 20.9 Å². The number of hydrogen-bond acceptors (Lipinski definition) is 2. The molecule has 2 rings (SSSR count). The molecule has 1 aromatic heterocycles. The van der Waals surface area contributed by atoms with Gasteiger partial charge >= 0.3 is 0 Å². The molecule has 1 atom stereocenters. The fourth-order valence-corrected chi connectivity index (χ4v) is 2.92. The maximum atomic E-state index is 11.3. The van der Waals surface area contributed by atoms with Gasteiger partial charge in [-0.05, 0) is 11.6 Å². The van der Waals surface area contributed by atoms with Gasteiger partial charge in [0.25, 0.3) is 0 Å². The average molecular weight is 340 g/mol. The summed E-state index contributed by atoms with van der Waals surface area (Å²) in [5, 5.41) is 0.981. The summed E-state index contributed by atoms with van der Waals surface area (Å²) in [5.74, 6) is -0.567. The van der Waals surface area contributed by atoms with E-state index < -0.39 is 5.91 Å². The molecule has 2 N–H and O–H groups in total. The molecule has 0 aliphatic rings. The van der Waals surface area contributed by atoms with E-state index in [4.69, 9.17) is 17.3 Å². The number of pyridine rings is 1. The Hall–Kier alpha value is -1.39. The quantitative estimate of drug-likeness (QED) is 0.868. The van der Waals surface area contributed by atoms with Crippen molar-refractivity contribution in [2.75, 3.05) is 5.33 Å². The maximum Gasteiger partial charge on any atom is 0.250 e. The first-order chi connectivity index (χ1) is 9.15. The molecule has 5 heteroatoms. The van der Waals surface area contributed by atoms with Gasteiger partial charge in [-0.3, -0.25) is 9.78 Å². The van der Waals surface area contributed by atoms with Crippen molar-refractivity contribution in [3.05, 3.63) is 64.4 Å². The van der Waals surface area contributed by atoms with Crippen LogP contribution in [0.1, 0.15) is 27.5 Å². The van der Waals surface area contributed by atoms with Gasteiger partial charge in [-0.2, -0.15) is 0 Å². The van der Waals surface area contributed by atoms with Crippen molar-refractivity contribution < 1.29 is 4.79 Å². The van der Waals surface area contributed by atoms with Crippen LogP contribution in [0.15, 0.2) is 42.6 Å². The molecule has 0 bridgehead atoms. The van der Waals surface area contributed by atoms with Crippen LogP contribution in [0, 0.1) is 0 Å². The predicted molar refractivity (Wildman–Crippen MR) is 79.8 cm³/mol. The van der Waals surface area contributed by atoms with Gasteiger partial charge in [-0.25, -0.2) is 0 Å². The lowest BCUT2D eigenvalue weighted by molar-refractivity contribution is 0.1000. The number of nitrogens with zero attached hydrogens (tertiary/aromatic N) is 1. The first-order valence-corrected chi connectivity index (χ1v) is 7.20. The summed E-state index contributed by atoms with van der Waals surface area (Å²) in [4.78, 5) is 15.6. The lowest BCUT2D eigenvalue weighted by atomic mass is 9.96. The molecule has 1 unspecified atom stereocenters. The van der Waals surface area contributed by atoms with Crippen molar-refractivity contribution in [2.45, 2.75) is 5.92 Å². The monoisotopic (exact) mass is 338 g/mol. The second-order valence-electron chi connectivity index (χ2n) is 4.04. The summed E-state index contributed by atoms with van der Waals surface area (Å²) in [6.45, 7) is 0. The minimum Gasteiger partial charge on any atom is -0.366 e. The fourth-order valence-electron chi connectivity index (χ4n) is 1.90. The van der Waals surface area contributed by atoms with Gasteiger partial charge in [0.15, 0.2) is 0 Å². The van der Waals surface area contributed by atoms with Crippen LogP contribution < -0.4 is 5.73 Å². The summed E-state index contributed by atoms with van der Waals surface area (Å²) in [6, 6.07) is 11.4. The minimum atomic E-state index is -0.546. The summed E-state index contributed by atoms with van der Waals surface area (Å²) in [7, 11) is 0. The van der Waals surface area contributed by atoms with Crippen LogP contribution in [-0.2, 0) is 0 Å². The van der Waals surface area contributed by atoms with Crippen molar-refractivity contribution in [3.8, 4) is 0 Å². The molecule has 3 nitrogen and oxygen atoms in total. The number of alkyl halides is 1. The molecule has 1 amide bonds. The van der Waals surface area contributed by atoms with E-state index in [0.29, 0.717) is 21.6 Å². The molecule has 0 fully saturated rings. The Balaban J connectivity index is 2.51. The highest BCUT2D eigenvalue weighted by molar-refractivity contribution is 9.09. The third-order valence-corrected chi connectivity index (χ3v) is 3.91. The largest absolute Gasteiger partial charge is 0.366 e. The van der Waals surface area contributed by atoms with E-state index in [-0.39, 0.29) is 5.92 Å². The van der Waals surface area contributed by atoms with E-state index in [1.165, 1.54) is 6.07 Å². The highest BCUT2D eigenvalue weighted by atomic mass is 79.9. The van der Waals surface area contributed by atoms with Crippen LogP contribution in [0.2, 0.25) is 5.02 Å². The molecule has 0 saturated carbocycles. The first kappa shape index (κ1) is 14.0. The molecule has 2 aromatic rings. The normalized spacial score (nSPS) is 12.1. The third-order valence-electron chi connectivity index (χ3n) is 2.87. The summed E-state index contributed by atoms with van der Waals surface area (Å²) in [5.41, 5.74) is 7.33. The van der Waals surface area contributed by atoms with Gasteiger partial charge < -0.3 is 5.73 Å². The number of carbonyl (C=O) groups is 1. The Bertz CT molecular complexity index is 589. The van der Waals surface area contributed by atoms with Gasteiger partial charge in [0.2, 0.25) is 5.91 Å². The van der Waals surface area contributed by atoms with Gasteiger partial charge in [0.1, 0.15) is 0 Å². The highest BCUT2D eigenvalue weighted by Gasteiger charge is 2.20. The number of hydrogen-bond donors (Lipinski definition) is 1. The number of nitrogens with two attached hydrogens (primary N) is 1. The van der Waals surface area contributed by atoms with E-state index in [1.54, 1.807) is 6.20 Å². The molecule has 0 aliphatic carbocycles. The van der Waals surface area contributed by atoms with Gasteiger partial charge in [-0.1, -0.05) is 57.9 Å². The second-order valence-corrected chi connectivity index (χ2v) is 5.07. The van der Waals surface area contributed by atoms with Gasteiger partial charge in [0, 0.05) is 17.4 Å². The van der Waals surface area contributed by atoms with Crippen molar-refractivity contribution in [1.29, 1.82) is 0 Å². The molecule has 0 radical (unpaired) electrons. The van der Waals surface area contributed by atoms with E-state index >= 15 is 0 Å². The number of rotatable bonds is 4. The van der Waals surface area contributed by atoms with Crippen LogP contribution in [0.3, 0.4) is 0 Å². The molecule has 1 aromatic carbocycles. The standard InChI is InChI=1S/C14H12BrClN2O/c15-8-11(9-4-2-1-3-5-9)13-12(16)10(14(17)19)6-7-18-13/h1-7,11H,8H2,(H2,17,19). The Morgan fingerprint density at radius 3 is 2.58 bits per heavy atom. The summed E-state index contributed by atoms with van der Waals surface area (Å²) < 4.78 is 0. The van der Waals surface area contributed by atoms with E-state index in [9.17, 15) is 4.79 Å². The van der Waals surface area contributed by atoms with Crippen LogP contribution in [-0.4, -0.2) is 16.2 Å². The van der Waals surface area contributed by atoms with Gasteiger partial charge in [0.05, 0.1) is 16.3 Å². The minimum absolute atomic E-state index is 0.0204. The second kappa shape index (κ2) is 6.17. The number of halogens is 2. The van der Waals surface area contributed by atoms with Crippen molar-refractivity contribution in [1.82, 2.24) is 4.98 Å². The Morgan fingerprint density at radius 1 is 1.32 bits per heavy atom. The molecule has 0 spiro atoms. The molecule has 0 saturated heterocycles. The molecule has 19 heavy (non-hydrogen) atoms. The zero-order chi connectivity index (χ0) is 13.8. The van der Waals surface area contributed by atoms with Crippen LogP contribution in [0.4, 0.5) is 0 Å². The lowest BCUT2D eigenvalue weighted by Crippen LogP contribution is -2.14. The SMILES string of the molecule is NC(=O)c1ccnc(C(CBr)c2ccccc2)c1Cl.